The fourth-order valence-electron chi connectivity index (χ4n) is 2.53. The maximum absolute atomic E-state index is 12.1. The van der Waals surface area contributed by atoms with E-state index in [1.54, 1.807) is 49.4 Å². The highest BCUT2D eigenvalue weighted by atomic mass is 32.2. The molecule has 3 rings (SSSR count). The van der Waals surface area contributed by atoms with Gasteiger partial charge in [0.15, 0.2) is 9.84 Å². The molecule has 0 atom stereocenters. The lowest BCUT2D eigenvalue weighted by Crippen LogP contribution is -2.24. The molecular formula is C20H21NO4S2. The first-order valence-electron chi connectivity index (χ1n) is 8.58. The minimum absolute atomic E-state index is 0.149. The van der Waals surface area contributed by atoms with Crippen LogP contribution in [0.2, 0.25) is 0 Å². The van der Waals surface area contributed by atoms with E-state index in [4.69, 9.17) is 4.42 Å². The van der Waals surface area contributed by atoms with E-state index in [0.717, 1.165) is 16.2 Å². The van der Waals surface area contributed by atoms with Crippen molar-refractivity contribution in [1.29, 1.82) is 0 Å². The van der Waals surface area contributed by atoms with Crippen LogP contribution in [0.3, 0.4) is 0 Å². The zero-order chi connectivity index (χ0) is 19.4. The van der Waals surface area contributed by atoms with Gasteiger partial charge in [0.1, 0.15) is 11.5 Å². The van der Waals surface area contributed by atoms with E-state index < -0.39 is 15.1 Å². The van der Waals surface area contributed by atoms with Gasteiger partial charge in [0, 0.05) is 0 Å². The molecule has 2 aromatic heterocycles. The molecule has 3 aromatic rings. The van der Waals surface area contributed by atoms with Crippen molar-refractivity contribution in [2.24, 2.45) is 0 Å². The van der Waals surface area contributed by atoms with Crippen molar-refractivity contribution in [3.05, 3.63) is 65.2 Å². The third kappa shape index (κ3) is 4.67. The molecule has 0 aliphatic carbocycles. The van der Waals surface area contributed by atoms with Gasteiger partial charge >= 0.3 is 0 Å². The van der Waals surface area contributed by atoms with Crippen molar-refractivity contribution in [2.45, 2.75) is 37.0 Å². The van der Waals surface area contributed by atoms with E-state index >= 15 is 0 Å². The van der Waals surface area contributed by atoms with Gasteiger partial charge in [-0.1, -0.05) is 18.2 Å². The molecule has 7 heteroatoms. The van der Waals surface area contributed by atoms with E-state index in [0.29, 0.717) is 12.3 Å². The number of nitrogens with one attached hydrogen (secondary N) is 1. The molecule has 0 saturated heterocycles. The first-order valence-corrected chi connectivity index (χ1v) is 11.0. The number of benzene rings is 1. The molecule has 0 aliphatic rings. The third-order valence-corrected chi connectivity index (χ3v) is 7.18. The highest BCUT2D eigenvalue weighted by Gasteiger charge is 2.18. The molecule has 0 fully saturated rings. The van der Waals surface area contributed by atoms with Gasteiger partial charge in [-0.2, -0.15) is 0 Å². The van der Waals surface area contributed by atoms with Crippen LogP contribution >= 0.6 is 11.3 Å². The Balaban J connectivity index is 1.55. The van der Waals surface area contributed by atoms with Gasteiger partial charge in [0.2, 0.25) is 5.91 Å². The second-order valence-corrected chi connectivity index (χ2v) is 9.89. The Kier molecular flexibility index (Phi) is 5.82. The minimum atomic E-state index is -3.30. The van der Waals surface area contributed by atoms with Crippen LogP contribution in [0.5, 0.6) is 0 Å². The fraction of sp³-hybridized carbons (Fsp3) is 0.250. The molecule has 0 radical (unpaired) electrons. The first-order chi connectivity index (χ1) is 12.9. The number of amides is 1. The lowest BCUT2D eigenvalue weighted by Gasteiger charge is -2.08. The second kappa shape index (κ2) is 8.10. The number of carbonyl (C=O) groups is 1. The van der Waals surface area contributed by atoms with Gasteiger partial charge in [-0.3, -0.25) is 4.79 Å². The van der Waals surface area contributed by atoms with Gasteiger partial charge in [-0.25, -0.2) is 8.42 Å². The summed E-state index contributed by atoms with van der Waals surface area (Å²) in [5.74, 6) is 1.32. The van der Waals surface area contributed by atoms with Gasteiger partial charge in [-0.05, 0) is 55.1 Å². The molecule has 1 amide bonds. The molecule has 0 aliphatic heterocycles. The maximum Gasteiger partial charge on any atom is 0.224 e. The molecule has 0 bridgehead atoms. The summed E-state index contributed by atoms with van der Waals surface area (Å²) in [5.41, 5.74) is 0.758. The van der Waals surface area contributed by atoms with E-state index in [9.17, 15) is 13.2 Å². The lowest BCUT2D eigenvalue weighted by atomic mass is 10.1. The van der Waals surface area contributed by atoms with Crippen LogP contribution in [0.4, 0.5) is 0 Å². The average Bonchev–Trinajstić information content (AvgIpc) is 3.32. The standard InChI is InChI=1S/C20H21NO4S2/c1-14(2)27(23,24)17-8-5-15(6-9-17)12-20(22)21-13-16-7-10-18(25-16)19-4-3-11-26-19/h3-11,14H,12-13H2,1-2H3,(H,21,22). The van der Waals surface area contributed by atoms with Crippen molar-refractivity contribution in [3.63, 3.8) is 0 Å². The van der Waals surface area contributed by atoms with Crippen molar-refractivity contribution in [2.75, 3.05) is 0 Å². The number of carbonyl (C=O) groups excluding carboxylic acids is 1. The predicted octanol–water partition coefficient (Wildman–Crippen LogP) is 4.05. The smallest absolute Gasteiger partial charge is 0.224 e. The Hall–Kier alpha value is -2.38. The molecule has 5 nitrogen and oxygen atoms in total. The zero-order valence-electron chi connectivity index (χ0n) is 15.1. The molecule has 27 heavy (non-hydrogen) atoms. The molecule has 1 N–H and O–H groups in total. The summed E-state index contributed by atoms with van der Waals surface area (Å²) in [7, 11) is -3.30. The van der Waals surface area contributed by atoms with Gasteiger partial charge < -0.3 is 9.73 Å². The molecule has 2 heterocycles. The Morgan fingerprint density at radius 2 is 1.85 bits per heavy atom. The summed E-state index contributed by atoms with van der Waals surface area (Å²) < 4.78 is 30.0. The SMILES string of the molecule is CC(C)S(=O)(=O)c1ccc(CC(=O)NCc2ccc(-c3cccs3)o2)cc1. The van der Waals surface area contributed by atoms with E-state index in [2.05, 4.69) is 5.32 Å². The quantitative estimate of drug-likeness (QED) is 0.646. The summed E-state index contributed by atoms with van der Waals surface area (Å²) in [5, 5.41) is 4.33. The van der Waals surface area contributed by atoms with Crippen LogP contribution in [0.15, 0.2) is 63.2 Å². The van der Waals surface area contributed by atoms with Gasteiger partial charge in [-0.15, -0.1) is 11.3 Å². The van der Waals surface area contributed by atoms with Crippen LogP contribution in [-0.4, -0.2) is 19.6 Å². The highest BCUT2D eigenvalue weighted by Crippen LogP contribution is 2.26. The number of hydrogen-bond donors (Lipinski definition) is 1. The Labute approximate surface area is 163 Å². The normalized spacial score (nSPS) is 11.7. The number of furan rings is 1. The molecular weight excluding hydrogens is 382 g/mol. The Morgan fingerprint density at radius 3 is 2.48 bits per heavy atom. The first kappa shape index (κ1) is 19.4. The van der Waals surface area contributed by atoms with Crippen LogP contribution in [0.25, 0.3) is 10.6 Å². The minimum Gasteiger partial charge on any atom is -0.458 e. The van der Waals surface area contributed by atoms with Gasteiger partial charge in [0.25, 0.3) is 0 Å². The lowest BCUT2D eigenvalue weighted by molar-refractivity contribution is -0.120. The van der Waals surface area contributed by atoms with Crippen molar-refractivity contribution in [1.82, 2.24) is 5.32 Å². The van der Waals surface area contributed by atoms with Crippen LogP contribution in [0.1, 0.15) is 25.2 Å². The Morgan fingerprint density at radius 1 is 1.11 bits per heavy atom. The third-order valence-electron chi connectivity index (χ3n) is 4.12. The topological polar surface area (TPSA) is 76.4 Å². The van der Waals surface area contributed by atoms with Crippen molar-refractivity contribution >= 4 is 27.1 Å². The molecule has 0 unspecified atom stereocenters. The summed E-state index contributed by atoms with van der Waals surface area (Å²) in [6, 6.07) is 14.1. The summed E-state index contributed by atoms with van der Waals surface area (Å²) >= 11 is 1.60. The second-order valence-electron chi connectivity index (χ2n) is 6.43. The largest absolute Gasteiger partial charge is 0.458 e. The number of sulfone groups is 1. The van der Waals surface area contributed by atoms with Crippen molar-refractivity contribution < 1.29 is 17.6 Å². The summed E-state index contributed by atoms with van der Waals surface area (Å²) in [6.07, 6.45) is 0.181. The summed E-state index contributed by atoms with van der Waals surface area (Å²) in [6.45, 7) is 3.61. The number of rotatable bonds is 7. The maximum atomic E-state index is 12.1. The van der Waals surface area contributed by atoms with Crippen LogP contribution in [0, 0.1) is 0 Å². The van der Waals surface area contributed by atoms with E-state index in [1.807, 2.05) is 29.6 Å². The molecule has 1 aromatic carbocycles. The van der Waals surface area contributed by atoms with Crippen LogP contribution in [-0.2, 0) is 27.6 Å². The Bertz CT molecular complexity index is 1000. The fourth-order valence-corrected chi connectivity index (χ4v) is 4.27. The molecule has 0 spiro atoms. The van der Waals surface area contributed by atoms with E-state index in [-0.39, 0.29) is 17.2 Å². The van der Waals surface area contributed by atoms with Crippen LogP contribution < -0.4 is 5.32 Å². The monoisotopic (exact) mass is 403 g/mol. The number of hydrogen-bond acceptors (Lipinski definition) is 5. The van der Waals surface area contributed by atoms with Crippen molar-refractivity contribution in [3.8, 4) is 10.6 Å². The zero-order valence-corrected chi connectivity index (χ0v) is 16.8. The highest BCUT2D eigenvalue weighted by molar-refractivity contribution is 7.92. The van der Waals surface area contributed by atoms with Gasteiger partial charge in [0.05, 0.1) is 28.0 Å². The predicted molar refractivity (Wildman–Crippen MR) is 106 cm³/mol. The molecule has 142 valence electrons. The average molecular weight is 404 g/mol. The van der Waals surface area contributed by atoms with E-state index in [1.165, 1.54) is 0 Å². The molecule has 0 saturated carbocycles. The summed E-state index contributed by atoms with van der Waals surface area (Å²) in [4.78, 5) is 13.5. The number of thiophene rings is 1.